The van der Waals surface area contributed by atoms with E-state index < -0.39 is 0 Å². The summed E-state index contributed by atoms with van der Waals surface area (Å²) >= 11 is 8.62. The fourth-order valence-corrected chi connectivity index (χ4v) is 3.70. The summed E-state index contributed by atoms with van der Waals surface area (Å²) in [4.78, 5) is 16.9. The Balaban J connectivity index is 1.44. The number of anilines is 1. The van der Waals surface area contributed by atoms with Gasteiger partial charge in [-0.05, 0) is 78.3 Å². The Morgan fingerprint density at radius 3 is 2.55 bits per heavy atom. The topological polar surface area (TPSA) is 67.2 Å². The standard InChI is InChI=1S/C24H20BrN3O2S/c1-14(2)16-8-11-21-20(13-16)27-23(30-21)15-6-9-19(10-7-15)26-24(31)28-22(29)17-4-3-5-18(25)12-17/h3-14H,1-2H3,(H2,26,28,29,31). The number of nitrogens with one attached hydrogen (secondary N) is 2. The number of thiocarbonyl (C=S) groups is 1. The van der Waals surface area contributed by atoms with E-state index in [1.54, 1.807) is 18.2 Å². The maximum absolute atomic E-state index is 12.3. The van der Waals surface area contributed by atoms with Crippen LogP contribution < -0.4 is 10.6 Å². The van der Waals surface area contributed by atoms with E-state index in [1.807, 2.05) is 36.4 Å². The Morgan fingerprint density at radius 2 is 1.84 bits per heavy atom. The number of carbonyl (C=O) groups excluding carboxylic acids is 1. The predicted molar refractivity (Wildman–Crippen MR) is 131 cm³/mol. The van der Waals surface area contributed by atoms with Gasteiger partial charge in [0.2, 0.25) is 5.89 Å². The average Bonchev–Trinajstić information content (AvgIpc) is 3.17. The zero-order valence-electron chi connectivity index (χ0n) is 17.0. The van der Waals surface area contributed by atoms with Crippen molar-refractivity contribution in [3.63, 3.8) is 0 Å². The monoisotopic (exact) mass is 493 g/mol. The molecule has 3 aromatic carbocycles. The number of fused-ring (bicyclic) bond motifs is 1. The molecule has 5 nitrogen and oxygen atoms in total. The average molecular weight is 494 g/mol. The van der Waals surface area contributed by atoms with Crippen molar-refractivity contribution in [2.75, 3.05) is 5.32 Å². The Labute approximate surface area is 194 Å². The molecule has 2 N–H and O–H groups in total. The number of oxazole rings is 1. The van der Waals surface area contributed by atoms with Crippen LogP contribution in [0, 0.1) is 0 Å². The van der Waals surface area contributed by atoms with Gasteiger partial charge in [0.25, 0.3) is 5.91 Å². The number of amides is 1. The van der Waals surface area contributed by atoms with Crippen LogP contribution >= 0.6 is 28.1 Å². The second kappa shape index (κ2) is 8.99. The molecule has 4 aromatic rings. The summed E-state index contributed by atoms with van der Waals surface area (Å²) in [6.07, 6.45) is 0. The highest BCUT2D eigenvalue weighted by Crippen LogP contribution is 2.27. The number of benzene rings is 3. The molecule has 4 rings (SSSR count). The van der Waals surface area contributed by atoms with E-state index >= 15 is 0 Å². The molecule has 0 aliphatic rings. The van der Waals surface area contributed by atoms with Crippen molar-refractivity contribution in [1.82, 2.24) is 10.3 Å². The zero-order valence-corrected chi connectivity index (χ0v) is 19.4. The number of aromatic nitrogens is 1. The molecule has 31 heavy (non-hydrogen) atoms. The summed E-state index contributed by atoms with van der Waals surface area (Å²) in [5.41, 5.74) is 4.96. The summed E-state index contributed by atoms with van der Waals surface area (Å²) in [7, 11) is 0. The first-order valence-electron chi connectivity index (χ1n) is 9.78. The van der Waals surface area contributed by atoms with E-state index in [0.717, 1.165) is 26.8 Å². The molecule has 1 aromatic heterocycles. The predicted octanol–water partition coefficient (Wildman–Crippen LogP) is 6.51. The highest BCUT2D eigenvalue weighted by atomic mass is 79.9. The molecule has 156 valence electrons. The number of hydrogen-bond acceptors (Lipinski definition) is 4. The molecule has 0 unspecified atom stereocenters. The van der Waals surface area contributed by atoms with E-state index in [1.165, 1.54) is 5.56 Å². The van der Waals surface area contributed by atoms with Crippen LogP contribution in [0.2, 0.25) is 0 Å². The molecule has 1 amide bonds. The molecule has 0 spiro atoms. The highest BCUT2D eigenvalue weighted by Gasteiger charge is 2.11. The maximum Gasteiger partial charge on any atom is 0.257 e. The van der Waals surface area contributed by atoms with Crippen molar-refractivity contribution >= 4 is 56.0 Å². The van der Waals surface area contributed by atoms with Crippen LogP contribution in [0.3, 0.4) is 0 Å². The van der Waals surface area contributed by atoms with Crippen molar-refractivity contribution in [3.8, 4) is 11.5 Å². The van der Waals surface area contributed by atoms with E-state index in [2.05, 4.69) is 57.5 Å². The molecule has 0 atom stereocenters. The first kappa shape index (κ1) is 21.2. The van der Waals surface area contributed by atoms with Gasteiger partial charge in [-0.15, -0.1) is 0 Å². The molecular formula is C24H20BrN3O2S. The van der Waals surface area contributed by atoms with Crippen LogP contribution in [0.5, 0.6) is 0 Å². The smallest absolute Gasteiger partial charge is 0.257 e. The van der Waals surface area contributed by atoms with Crippen LogP contribution in [0.25, 0.3) is 22.6 Å². The number of rotatable bonds is 4. The lowest BCUT2D eigenvalue weighted by atomic mass is 10.0. The molecule has 0 aliphatic carbocycles. The third kappa shape index (κ3) is 5.00. The maximum atomic E-state index is 12.3. The molecule has 0 saturated heterocycles. The highest BCUT2D eigenvalue weighted by molar-refractivity contribution is 9.10. The van der Waals surface area contributed by atoms with Gasteiger partial charge >= 0.3 is 0 Å². The second-order valence-corrected chi connectivity index (χ2v) is 8.72. The fraction of sp³-hybridized carbons (Fsp3) is 0.125. The Morgan fingerprint density at radius 1 is 1.06 bits per heavy atom. The Hall–Kier alpha value is -3.03. The van der Waals surface area contributed by atoms with E-state index in [4.69, 9.17) is 16.6 Å². The Bertz CT molecular complexity index is 1270. The van der Waals surface area contributed by atoms with Gasteiger partial charge in [0.05, 0.1) is 0 Å². The van der Waals surface area contributed by atoms with Crippen molar-refractivity contribution < 1.29 is 9.21 Å². The molecule has 0 radical (unpaired) electrons. The van der Waals surface area contributed by atoms with Crippen molar-refractivity contribution in [1.29, 1.82) is 0 Å². The van der Waals surface area contributed by atoms with Gasteiger partial charge < -0.3 is 9.73 Å². The molecule has 0 saturated carbocycles. The lowest BCUT2D eigenvalue weighted by Gasteiger charge is -2.10. The summed E-state index contributed by atoms with van der Waals surface area (Å²) in [6.45, 7) is 4.30. The van der Waals surface area contributed by atoms with Gasteiger partial charge in [-0.2, -0.15) is 0 Å². The van der Waals surface area contributed by atoms with Crippen molar-refractivity contribution in [2.24, 2.45) is 0 Å². The summed E-state index contributed by atoms with van der Waals surface area (Å²) < 4.78 is 6.73. The van der Waals surface area contributed by atoms with Gasteiger partial charge in [0.1, 0.15) is 5.52 Å². The zero-order chi connectivity index (χ0) is 22.0. The van der Waals surface area contributed by atoms with Gasteiger partial charge in [-0.1, -0.05) is 41.9 Å². The minimum Gasteiger partial charge on any atom is -0.436 e. The summed E-state index contributed by atoms with van der Waals surface area (Å²) in [6, 6.07) is 20.7. The first-order valence-corrected chi connectivity index (χ1v) is 11.0. The van der Waals surface area contributed by atoms with Crippen LogP contribution in [0.15, 0.2) is 75.6 Å². The summed E-state index contributed by atoms with van der Waals surface area (Å²) in [5.74, 6) is 0.721. The number of carbonyl (C=O) groups is 1. The molecule has 0 fully saturated rings. The minimum absolute atomic E-state index is 0.223. The third-order valence-electron chi connectivity index (χ3n) is 4.78. The van der Waals surface area contributed by atoms with Crippen LogP contribution in [0.4, 0.5) is 5.69 Å². The molecular weight excluding hydrogens is 474 g/mol. The number of hydrogen-bond donors (Lipinski definition) is 2. The van der Waals surface area contributed by atoms with Gasteiger partial charge in [-0.25, -0.2) is 4.98 Å². The quantitative estimate of drug-likeness (QED) is 0.317. The molecule has 0 bridgehead atoms. The van der Waals surface area contributed by atoms with Gasteiger partial charge in [0.15, 0.2) is 10.7 Å². The van der Waals surface area contributed by atoms with Gasteiger partial charge in [-0.3, -0.25) is 10.1 Å². The van der Waals surface area contributed by atoms with Crippen molar-refractivity contribution in [2.45, 2.75) is 19.8 Å². The van der Waals surface area contributed by atoms with Crippen LogP contribution in [-0.4, -0.2) is 16.0 Å². The largest absolute Gasteiger partial charge is 0.436 e. The van der Waals surface area contributed by atoms with Crippen molar-refractivity contribution in [3.05, 3.63) is 82.3 Å². The third-order valence-corrected chi connectivity index (χ3v) is 5.48. The Kier molecular flexibility index (Phi) is 6.15. The van der Waals surface area contributed by atoms with E-state index in [9.17, 15) is 4.79 Å². The SMILES string of the molecule is CC(C)c1ccc2oc(-c3ccc(NC(=S)NC(=O)c4cccc(Br)c4)cc3)nc2c1. The lowest BCUT2D eigenvalue weighted by molar-refractivity contribution is 0.0977. The first-order chi connectivity index (χ1) is 14.9. The van der Waals surface area contributed by atoms with Crippen LogP contribution in [-0.2, 0) is 0 Å². The van der Waals surface area contributed by atoms with E-state index in [0.29, 0.717) is 17.4 Å². The fourth-order valence-electron chi connectivity index (χ4n) is 3.09. The summed E-state index contributed by atoms with van der Waals surface area (Å²) in [5, 5.41) is 5.92. The molecule has 7 heteroatoms. The van der Waals surface area contributed by atoms with Crippen LogP contribution in [0.1, 0.15) is 35.7 Å². The van der Waals surface area contributed by atoms with Gasteiger partial charge in [0, 0.05) is 21.3 Å². The van der Waals surface area contributed by atoms with E-state index in [-0.39, 0.29) is 11.0 Å². The minimum atomic E-state index is -0.275. The number of halogens is 1. The number of nitrogens with zero attached hydrogens (tertiary/aromatic N) is 1. The molecule has 1 heterocycles. The normalized spacial score (nSPS) is 11.0. The molecule has 0 aliphatic heterocycles. The second-order valence-electron chi connectivity index (χ2n) is 7.40. The lowest BCUT2D eigenvalue weighted by Crippen LogP contribution is -2.34.